The molecular weight excluding hydrogens is 169 g/mol. The Bertz CT molecular complexity index is 279. The van der Waals surface area contributed by atoms with Crippen LogP contribution in [0, 0.1) is 6.92 Å². The molecule has 0 unspecified atom stereocenters. The van der Waals surface area contributed by atoms with Crippen molar-refractivity contribution in [3.8, 4) is 0 Å². The van der Waals surface area contributed by atoms with Crippen molar-refractivity contribution in [1.29, 1.82) is 0 Å². The van der Waals surface area contributed by atoms with Gasteiger partial charge in [-0.05, 0) is 0 Å². The van der Waals surface area contributed by atoms with Gasteiger partial charge in [0.2, 0.25) is 0 Å². The predicted molar refractivity (Wildman–Crippen MR) is 60.1 cm³/mol. The Morgan fingerprint density at radius 2 is 1.85 bits per heavy atom. The van der Waals surface area contributed by atoms with E-state index in [2.05, 4.69) is 43.9 Å². The van der Waals surface area contributed by atoms with Gasteiger partial charge in [-0.25, -0.2) is 0 Å². The van der Waals surface area contributed by atoms with Crippen molar-refractivity contribution >= 4 is 36.4 Å². The number of benzene rings is 1. The van der Waals surface area contributed by atoms with Crippen LogP contribution in [0.5, 0.6) is 0 Å². The summed E-state index contributed by atoms with van der Waals surface area (Å²) in [6, 6.07) is 6.80. The first-order valence-corrected chi connectivity index (χ1v) is 6.01. The fourth-order valence-corrected chi connectivity index (χ4v) is 1.82. The van der Waals surface area contributed by atoms with Gasteiger partial charge in [0.15, 0.2) is 0 Å². The Labute approximate surface area is 98.5 Å². The summed E-state index contributed by atoms with van der Waals surface area (Å²) in [4.78, 5) is 2.38. The first-order chi connectivity index (χ1) is 6.19. The van der Waals surface area contributed by atoms with E-state index in [1.165, 1.54) is 14.1 Å². The molecule has 0 radical (unpaired) electrons. The van der Waals surface area contributed by atoms with E-state index in [9.17, 15) is 0 Å². The first kappa shape index (κ1) is 11.1. The molecule has 0 heterocycles. The number of rotatable bonds is 3. The second-order valence-corrected chi connectivity index (χ2v) is 4.52. The Kier molecular flexibility index (Phi) is 4.30. The normalized spacial score (nSPS) is 10.2. The van der Waals surface area contributed by atoms with Crippen LogP contribution in [0.15, 0.2) is 18.2 Å². The van der Waals surface area contributed by atoms with E-state index in [4.69, 9.17) is 0 Å². The van der Waals surface area contributed by atoms with Gasteiger partial charge >= 0.3 is 99.0 Å². The quantitative estimate of drug-likeness (QED) is 0.647. The minimum absolute atomic E-state index is 1.09. The van der Waals surface area contributed by atoms with Gasteiger partial charge in [0.1, 0.15) is 0 Å². The molecule has 0 aliphatic heterocycles. The summed E-state index contributed by atoms with van der Waals surface area (Å²) in [6.45, 7) is 8.79. The molecule has 1 nitrogen and oxygen atoms in total. The maximum absolute atomic E-state index is 2.38. The van der Waals surface area contributed by atoms with E-state index in [-0.39, 0.29) is 0 Å². The van der Waals surface area contributed by atoms with Gasteiger partial charge in [0.25, 0.3) is 0 Å². The van der Waals surface area contributed by atoms with Crippen LogP contribution in [0.4, 0.5) is 5.69 Å². The van der Waals surface area contributed by atoms with E-state index in [1.807, 2.05) is 0 Å². The van der Waals surface area contributed by atoms with Crippen LogP contribution < -0.4 is 7.71 Å². The molecule has 0 saturated heterocycles. The molecule has 0 amide bonds. The minimum atomic E-state index is 1.09. The van der Waals surface area contributed by atoms with Gasteiger partial charge in [0.05, 0.1) is 0 Å². The summed E-state index contributed by atoms with van der Waals surface area (Å²) < 4.78 is 1.51. The van der Waals surface area contributed by atoms with Crippen LogP contribution in [0.2, 0.25) is 0 Å². The molecule has 0 aromatic heterocycles. The molecule has 2 heteroatoms. The summed E-state index contributed by atoms with van der Waals surface area (Å²) in [7, 11) is 0. The molecule has 0 atom stereocenters. The van der Waals surface area contributed by atoms with Gasteiger partial charge in [-0.1, -0.05) is 0 Å². The molecule has 0 aliphatic carbocycles. The second kappa shape index (κ2) is 5.04. The van der Waals surface area contributed by atoms with Crippen LogP contribution in [0.3, 0.4) is 0 Å². The van der Waals surface area contributed by atoms with Crippen LogP contribution in [0.1, 0.15) is 19.4 Å². The number of anilines is 1. The molecule has 13 heavy (non-hydrogen) atoms. The third-order valence-electron chi connectivity index (χ3n) is 2.62. The fourth-order valence-electron chi connectivity index (χ4n) is 1.51. The van der Waals surface area contributed by atoms with Gasteiger partial charge in [-0.2, -0.15) is 0 Å². The average Bonchev–Trinajstić information content (AvgIpc) is 2.13. The molecule has 1 rings (SSSR count). The summed E-state index contributed by atoms with van der Waals surface area (Å²) >= 11 is 1.15. The number of hydrogen-bond acceptors (Lipinski definition) is 1. The van der Waals surface area contributed by atoms with Crippen molar-refractivity contribution in [3.05, 3.63) is 23.8 Å². The summed E-state index contributed by atoms with van der Waals surface area (Å²) in [5.74, 6) is 0. The molecule has 1 aromatic rings. The van der Waals surface area contributed by atoms with E-state index in [0.717, 1.165) is 41.0 Å². The Morgan fingerprint density at radius 3 is 2.31 bits per heavy atom. The summed E-state index contributed by atoms with van der Waals surface area (Å²) in [6.07, 6.45) is 0. The van der Waals surface area contributed by atoms with E-state index < -0.39 is 0 Å². The standard InChI is InChI=1S/C11H16N.Na/c1-4-12(5-2)11-8-6-7-10(3)9-11;/h6,8-9H,4-5H2,1-3H3;. The number of nitrogens with zero attached hydrogens (tertiary/aromatic N) is 1. The van der Waals surface area contributed by atoms with Crippen molar-refractivity contribution in [2.75, 3.05) is 18.0 Å². The number of aryl methyl sites for hydroxylation is 1. The molecule has 0 spiro atoms. The molecule has 0 bridgehead atoms. The zero-order valence-electron chi connectivity index (χ0n) is 9.09. The molecular formula is C11H16NNa. The van der Waals surface area contributed by atoms with Crippen LogP contribution in [-0.4, -0.2) is 41.0 Å². The van der Waals surface area contributed by atoms with Gasteiger partial charge in [-0.15, -0.1) is 0 Å². The molecule has 66 valence electrons. The average molecular weight is 185 g/mol. The van der Waals surface area contributed by atoms with E-state index in [0.29, 0.717) is 0 Å². The summed E-state index contributed by atoms with van der Waals surface area (Å²) in [5, 5.41) is 0. The van der Waals surface area contributed by atoms with Crippen molar-refractivity contribution < 1.29 is 0 Å². The van der Waals surface area contributed by atoms with E-state index in [1.54, 1.807) is 0 Å². The van der Waals surface area contributed by atoms with Gasteiger partial charge in [0, 0.05) is 0 Å². The van der Waals surface area contributed by atoms with Gasteiger partial charge in [-0.3, -0.25) is 0 Å². The fraction of sp³-hybridized carbons (Fsp3) is 0.455. The Hall–Kier alpha value is 0.0200. The van der Waals surface area contributed by atoms with Crippen molar-refractivity contribution in [2.45, 2.75) is 20.8 Å². The van der Waals surface area contributed by atoms with E-state index >= 15 is 0 Å². The summed E-state index contributed by atoms with van der Waals surface area (Å²) in [5.41, 5.74) is 2.80. The molecule has 0 saturated carbocycles. The topological polar surface area (TPSA) is 3.24 Å². The second-order valence-electron chi connectivity index (χ2n) is 3.44. The third kappa shape index (κ3) is 2.73. The molecule has 0 aliphatic rings. The number of hydrogen-bond donors (Lipinski definition) is 0. The molecule has 1 aromatic carbocycles. The first-order valence-electron chi connectivity index (χ1n) is 5.01. The van der Waals surface area contributed by atoms with Crippen LogP contribution in [-0.2, 0) is 0 Å². The van der Waals surface area contributed by atoms with Crippen LogP contribution in [0.25, 0.3) is 0 Å². The molecule has 0 fully saturated rings. The monoisotopic (exact) mass is 185 g/mol. The maximum atomic E-state index is 2.38. The third-order valence-corrected chi connectivity index (χ3v) is 3.74. The zero-order chi connectivity index (χ0) is 9.84. The Morgan fingerprint density at radius 1 is 1.23 bits per heavy atom. The van der Waals surface area contributed by atoms with Crippen LogP contribution >= 0.6 is 0 Å². The van der Waals surface area contributed by atoms with Crippen molar-refractivity contribution in [3.63, 3.8) is 0 Å². The zero-order valence-corrected chi connectivity index (χ0v) is 11.1. The Balaban J connectivity index is 2.95. The van der Waals surface area contributed by atoms with Gasteiger partial charge < -0.3 is 0 Å². The predicted octanol–water partition coefficient (Wildman–Crippen LogP) is 1.64. The SMILES string of the molecule is CCN(CC)c1cc[c]([Na])c(C)c1. The molecule has 0 N–H and O–H groups in total. The van der Waals surface area contributed by atoms with Crippen molar-refractivity contribution in [2.24, 2.45) is 0 Å². The van der Waals surface area contributed by atoms with Crippen molar-refractivity contribution in [1.82, 2.24) is 0 Å².